The molecule has 1 saturated heterocycles. The van der Waals surface area contributed by atoms with E-state index in [9.17, 15) is 0 Å². The summed E-state index contributed by atoms with van der Waals surface area (Å²) in [7, 11) is 2.20. The molecule has 1 atom stereocenters. The fourth-order valence-electron chi connectivity index (χ4n) is 3.39. The van der Waals surface area contributed by atoms with Crippen molar-refractivity contribution in [3.8, 4) is 0 Å². The van der Waals surface area contributed by atoms with Crippen LogP contribution in [0.4, 0.5) is 0 Å². The third-order valence-corrected chi connectivity index (χ3v) is 4.61. The first kappa shape index (κ1) is 13.3. The van der Waals surface area contributed by atoms with E-state index >= 15 is 0 Å². The Morgan fingerprint density at radius 1 is 1.06 bits per heavy atom. The molecule has 0 aromatic rings. The van der Waals surface area contributed by atoms with Gasteiger partial charge in [-0.3, -0.25) is 4.90 Å². The van der Waals surface area contributed by atoms with Gasteiger partial charge in [-0.05, 0) is 26.3 Å². The van der Waals surface area contributed by atoms with Gasteiger partial charge in [-0.15, -0.1) is 0 Å². The number of piperazine rings is 1. The zero-order valence-corrected chi connectivity index (χ0v) is 11.3. The van der Waals surface area contributed by atoms with Crippen LogP contribution >= 0.6 is 0 Å². The Hall–Kier alpha value is -0.120. The van der Waals surface area contributed by atoms with Crippen molar-refractivity contribution in [3.63, 3.8) is 0 Å². The first-order valence-electron chi connectivity index (χ1n) is 7.36. The topological polar surface area (TPSA) is 26.7 Å². The molecule has 3 heteroatoms. The fourth-order valence-corrected chi connectivity index (χ4v) is 3.39. The van der Waals surface area contributed by atoms with E-state index in [4.69, 9.17) is 5.11 Å². The maximum atomic E-state index is 9.13. The molecule has 17 heavy (non-hydrogen) atoms. The molecule has 1 heterocycles. The van der Waals surface area contributed by atoms with Crippen LogP contribution in [0.15, 0.2) is 0 Å². The Morgan fingerprint density at radius 3 is 2.41 bits per heavy atom. The second-order valence-electron chi connectivity index (χ2n) is 5.79. The van der Waals surface area contributed by atoms with Crippen molar-refractivity contribution >= 4 is 0 Å². The SMILES string of the molecule is CN1CCN(C2CCCCCC2)CC1CCO. The number of likely N-dealkylation sites (N-methyl/N-ethyl adjacent to an activating group) is 1. The summed E-state index contributed by atoms with van der Waals surface area (Å²) < 4.78 is 0. The van der Waals surface area contributed by atoms with Crippen LogP contribution < -0.4 is 0 Å². The van der Waals surface area contributed by atoms with Crippen molar-refractivity contribution in [1.29, 1.82) is 0 Å². The maximum Gasteiger partial charge on any atom is 0.0446 e. The van der Waals surface area contributed by atoms with Crippen LogP contribution in [0.2, 0.25) is 0 Å². The first-order chi connectivity index (χ1) is 8.31. The van der Waals surface area contributed by atoms with Gasteiger partial charge in [0.05, 0.1) is 0 Å². The third-order valence-electron chi connectivity index (χ3n) is 4.61. The molecule has 3 nitrogen and oxygen atoms in total. The predicted octanol–water partition coefficient (Wildman–Crippen LogP) is 1.71. The number of nitrogens with zero attached hydrogens (tertiary/aromatic N) is 2. The van der Waals surface area contributed by atoms with Gasteiger partial charge in [-0.1, -0.05) is 25.7 Å². The van der Waals surface area contributed by atoms with E-state index in [1.807, 2.05) is 0 Å². The summed E-state index contributed by atoms with van der Waals surface area (Å²) in [6.07, 6.45) is 9.43. The van der Waals surface area contributed by atoms with Gasteiger partial charge in [-0.25, -0.2) is 0 Å². The van der Waals surface area contributed by atoms with Gasteiger partial charge in [0.2, 0.25) is 0 Å². The van der Waals surface area contributed by atoms with Crippen molar-refractivity contribution < 1.29 is 5.11 Å². The lowest BCUT2D eigenvalue weighted by Crippen LogP contribution is -2.54. The summed E-state index contributed by atoms with van der Waals surface area (Å²) in [6, 6.07) is 1.39. The number of hydrogen-bond acceptors (Lipinski definition) is 3. The Bertz CT molecular complexity index is 214. The molecule has 1 N–H and O–H groups in total. The quantitative estimate of drug-likeness (QED) is 0.761. The Morgan fingerprint density at radius 2 is 1.76 bits per heavy atom. The maximum absolute atomic E-state index is 9.13. The molecular weight excluding hydrogens is 212 g/mol. The van der Waals surface area contributed by atoms with Crippen molar-refractivity contribution in [3.05, 3.63) is 0 Å². The van der Waals surface area contributed by atoms with Crippen molar-refractivity contribution in [2.75, 3.05) is 33.3 Å². The summed E-state index contributed by atoms with van der Waals surface area (Å²) in [5.74, 6) is 0. The number of aliphatic hydroxyl groups is 1. The molecule has 0 radical (unpaired) electrons. The highest BCUT2D eigenvalue weighted by Crippen LogP contribution is 2.24. The Balaban J connectivity index is 1.87. The molecule has 2 fully saturated rings. The largest absolute Gasteiger partial charge is 0.396 e. The van der Waals surface area contributed by atoms with Crippen LogP contribution in [0.1, 0.15) is 44.9 Å². The predicted molar refractivity (Wildman–Crippen MR) is 71.2 cm³/mol. The van der Waals surface area contributed by atoms with Gasteiger partial charge in [0.15, 0.2) is 0 Å². The molecule has 1 aliphatic carbocycles. The molecule has 2 rings (SSSR count). The molecule has 1 unspecified atom stereocenters. The van der Waals surface area contributed by atoms with Crippen molar-refractivity contribution in [2.45, 2.75) is 57.0 Å². The van der Waals surface area contributed by atoms with Crippen molar-refractivity contribution in [1.82, 2.24) is 9.80 Å². The van der Waals surface area contributed by atoms with Crippen LogP contribution in [-0.2, 0) is 0 Å². The van der Waals surface area contributed by atoms with Gasteiger partial charge >= 0.3 is 0 Å². The monoisotopic (exact) mass is 240 g/mol. The summed E-state index contributed by atoms with van der Waals surface area (Å²) in [6.45, 7) is 3.89. The molecule has 0 spiro atoms. The van der Waals surface area contributed by atoms with Crippen LogP contribution in [0.25, 0.3) is 0 Å². The highest BCUT2D eigenvalue weighted by molar-refractivity contribution is 4.85. The van der Waals surface area contributed by atoms with E-state index in [0.29, 0.717) is 12.6 Å². The van der Waals surface area contributed by atoms with E-state index < -0.39 is 0 Å². The minimum atomic E-state index is 0.327. The van der Waals surface area contributed by atoms with Crippen LogP contribution in [0.5, 0.6) is 0 Å². The average molecular weight is 240 g/mol. The van der Waals surface area contributed by atoms with Crippen LogP contribution in [-0.4, -0.2) is 60.3 Å². The smallest absolute Gasteiger partial charge is 0.0446 e. The third kappa shape index (κ3) is 3.67. The first-order valence-corrected chi connectivity index (χ1v) is 7.36. The normalized spacial score (nSPS) is 30.4. The Kier molecular flexibility index (Phi) is 5.26. The number of hydrogen-bond donors (Lipinski definition) is 1. The lowest BCUT2D eigenvalue weighted by molar-refractivity contribution is 0.0473. The van der Waals surface area contributed by atoms with E-state index in [0.717, 1.165) is 12.5 Å². The lowest BCUT2D eigenvalue weighted by atomic mass is 10.0. The zero-order valence-electron chi connectivity index (χ0n) is 11.3. The standard InChI is InChI=1S/C14H28N2O/c1-15-9-10-16(12-14(15)8-11-17)13-6-4-2-3-5-7-13/h13-14,17H,2-12H2,1H3. The molecule has 0 aromatic carbocycles. The molecule has 0 aromatic heterocycles. The molecule has 1 saturated carbocycles. The molecule has 0 amide bonds. The number of rotatable bonds is 3. The zero-order chi connectivity index (χ0) is 12.1. The van der Waals surface area contributed by atoms with Gasteiger partial charge in [0.25, 0.3) is 0 Å². The molecule has 100 valence electrons. The highest BCUT2D eigenvalue weighted by Gasteiger charge is 2.28. The molecule has 2 aliphatic rings. The minimum Gasteiger partial charge on any atom is -0.396 e. The number of aliphatic hydroxyl groups excluding tert-OH is 1. The van der Waals surface area contributed by atoms with Crippen LogP contribution in [0, 0.1) is 0 Å². The highest BCUT2D eigenvalue weighted by atomic mass is 16.3. The van der Waals surface area contributed by atoms with Gasteiger partial charge in [0.1, 0.15) is 0 Å². The van der Waals surface area contributed by atoms with Crippen LogP contribution in [0.3, 0.4) is 0 Å². The average Bonchev–Trinajstić information content (AvgIpc) is 2.61. The molecule has 1 aliphatic heterocycles. The van der Waals surface area contributed by atoms with Gasteiger partial charge in [-0.2, -0.15) is 0 Å². The van der Waals surface area contributed by atoms with Crippen molar-refractivity contribution in [2.24, 2.45) is 0 Å². The minimum absolute atomic E-state index is 0.327. The second kappa shape index (κ2) is 6.72. The second-order valence-corrected chi connectivity index (χ2v) is 5.79. The summed E-state index contributed by atoms with van der Waals surface area (Å²) in [5, 5.41) is 9.13. The fraction of sp³-hybridized carbons (Fsp3) is 1.00. The van der Waals surface area contributed by atoms with E-state index in [2.05, 4.69) is 16.8 Å². The lowest BCUT2D eigenvalue weighted by Gasteiger charge is -2.43. The summed E-state index contributed by atoms with van der Waals surface area (Å²) >= 11 is 0. The van der Waals surface area contributed by atoms with Gasteiger partial charge < -0.3 is 10.0 Å². The van der Waals surface area contributed by atoms with E-state index in [-0.39, 0.29) is 0 Å². The van der Waals surface area contributed by atoms with Gasteiger partial charge in [0, 0.05) is 38.3 Å². The van der Waals surface area contributed by atoms with E-state index in [1.165, 1.54) is 58.2 Å². The van der Waals surface area contributed by atoms with E-state index in [1.54, 1.807) is 0 Å². The summed E-state index contributed by atoms with van der Waals surface area (Å²) in [4.78, 5) is 5.12. The summed E-state index contributed by atoms with van der Waals surface area (Å²) in [5.41, 5.74) is 0. The molecular formula is C14H28N2O. The Labute approximate surface area is 106 Å². The molecule has 0 bridgehead atoms.